The van der Waals surface area contributed by atoms with E-state index in [1.165, 1.54) is 0 Å². The lowest BCUT2D eigenvalue weighted by Gasteiger charge is -2.12. The SMILES string of the molecule is CCC(C)Nc1nc(Cl)nc(NCCCOC)n1. The fourth-order valence-electron chi connectivity index (χ4n) is 1.23. The van der Waals surface area contributed by atoms with Crippen LogP contribution < -0.4 is 10.6 Å². The smallest absolute Gasteiger partial charge is 0.229 e. The quantitative estimate of drug-likeness (QED) is 0.708. The zero-order valence-electron chi connectivity index (χ0n) is 11.0. The highest BCUT2D eigenvalue weighted by Crippen LogP contribution is 2.11. The number of nitrogens with one attached hydrogen (secondary N) is 2. The molecular formula is C11H20ClN5O. The van der Waals surface area contributed by atoms with Crippen LogP contribution in [0.2, 0.25) is 5.28 Å². The van der Waals surface area contributed by atoms with Gasteiger partial charge in [-0.05, 0) is 31.4 Å². The molecule has 0 saturated carbocycles. The number of halogens is 1. The van der Waals surface area contributed by atoms with E-state index in [9.17, 15) is 0 Å². The summed E-state index contributed by atoms with van der Waals surface area (Å²) < 4.78 is 4.96. The molecule has 102 valence electrons. The second-order valence-corrected chi connectivity index (χ2v) is 4.32. The number of rotatable bonds is 8. The van der Waals surface area contributed by atoms with Crippen molar-refractivity contribution in [1.29, 1.82) is 0 Å². The molecule has 1 rings (SSSR count). The van der Waals surface area contributed by atoms with Crippen molar-refractivity contribution in [1.82, 2.24) is 15.0 Å². The predicted octanol–water partition coefficient (Wildman–Crippen LogP) is 2.18. The van der Waals surface area contributed by atoms with Gasteiger partial charge in [0.1, 0.15) is 0 Å². The van der Waals surface area contributed by atoms with E-state index in [2.05, 4.69) is 39.4 Å². The van der Waals surface area contributed by atoms with Crippen LogP contribution in [-0.2, 0) is 4.74 Å². The summed E-state index contributed by atoms with van der Waals surface area (Å²) in [6.07, 6.45) is 1.87. The van der Waals surface area contributed by atoms with Crippen LogP contribution in [0.25, 0.3) is 0 Å². The van der Waals surface area contributed by atoms with Gasteiger partial charge in [0.15, 0.2) is 0 Å². The summed E-state index contributed by atoms with van der Waals surface area (Å²) in [5.41, 5.74) is 0. The lowest BCUT2D eigenvalue weighted by molar-refractivity contribution is 0.197. The Morgan fingerprint density at radius 2 is 2.00 bits per heavy atom. The van der Waals surface area contributed by atoms with Crippen molar-refractivity contribution in [2.24, 2.45) is 0 Å². The Labute approximate surface area is 113 Å². The first-order valence-corrected chi connectivity index (χ1v) is 6.44. The van der Waals surface area contributed by atoms with Gasteiger partial charge in [-0.1, -0.05) is 6.92 Å². The number of aromatic nitrogens is 3. The van der Waals surface area contributed by atoms with Gasteiger partial charge in [-0.25, -0.2) is 0 Å². The predicted molar refractivity (Wildman–Crippen MR) is 73.2 cm³/mol. The number of ether oxygens (including phenoxy) is 1. The monoisotopic (exact) mass is 273 g/mol. The zero-order valence-corrected chi connectivity index (χ0v) is 11.8. The molecule has 0 radical (unpaired) electrons. The third kappa shape index (κ3) is 5.46. The molecule has 1 aromatic heterocycles. The van der Waals surface area contributed by atoms with Crippen LogP contribution in [0.1, 0.15) is 26.7 Å². The normalized spacial score (nSPS) is 12.2. The van der Waals surface area contributed by atoms with E-state index in [1.54, 1.807) is 7.11 Å². The number of anilines is 2. The van der Waals surface area contributed by atoms with Gasteiger partial charge < -0.3 is 15.4 Å². The molecule has 0 saturated heterocycles. The van der Waals surface area contributed by atoms with E-state index in [0.29, 0.717) is 24.5 Å². The Hall–Kier alpha value is -1.14. The molecule has 0 aliphatic heterocycles. The number of nitrogens with zero attached hydrogens (tertiary/aromatic N) is 3. The summed E-state index contributed by atoms with van der Waals surface area (Å²) in [5, 5.41) is 6.43. The van der Waals surface area contributed by atoms with Crippen LogP contribution in [0.3, 0.4) is 0 Å². The van der Waals surface area contributed by atoms with Crippen LogP contribution in [0.15, 0.2) is 0 Å². The van der Waals surface area contributed by atoms with Gasteiger partial charge in [0.25, 0.3) is 0 Å². The Bertz CT molecular complexity index is 363. The molecule has 0 aliphatic carbocycles. The van der Waals surface area contributed by atoms with Crippen molar-refractivity contribution in [3.05, 3.63) is 5.28 Å². The lowest BCUT2D eigenvalue weighted by Crippen LogP contribution is -2.17. The third-order valence-electron chi connectivity index (χ3n) is 2.40. The summed E-state index contributed by atoms with van der Waals surface area (Å²) in [6, 6.07) is 0.296. The van der Waals surface area contributed by atoms with E-state index >= 15 is 0 Å². The van der Waals surface area contributed by atoms with Crippen molar-refractivity contribution < 1.29 is 4.74 Å². The van der Waals surface area contributed by atoms with Gasteiger partial charge >= 0.3 is 0 Å². The zero-order chi connectivity index (χ0) is 13.4. The number of hydrogen-bond donors (Lipinski definition) is 2. The molecule has 18 heavy (non-hydrogen) atoms. The Kier molecular flexibility index (Phi) is 6.67. The molecular weight excluding hydrogens is 254 g/mol. The summed E-state index contributed by atoms with van der Waals surface area (Å²) in [4.78, 5) is 12.3. The van der Waals surface area contributed by atoms with Gasteiger partial charge in [-0.3, -0.25) is 0 Å². The fraction of sp³-hybridized carbons (Fsp3) is 0.727. The van der Waals surface area contributed by atoms with Gasteiger partial charge in [0.05, 0.1) is 0 Å². The maximum absolute atomic E-state index is 5.85. The minimum atomic E-state index is 0.185. The lowest BCUT2D eigenvalue weighted by atomic mass is 10.3. The first kappa shape index (κ1) is 14.9. The molecule has 0 amide bonds. The summed E-state index contributed by atoms with van der Waals surface area (Å²) in [6.45, 7) is 5.58. The molecule has 0 spiro atoms. The van der Waals surface area contributed by atoms with Crippen molar-refractivity contribution >= 4 is 23.5 Å². The van der Waals surface area contributed by atoms with E-state index in [-0.39, 0.29) is 5.28 Å². The molecule has 1 unspecified atom stereocenters. The molecule has 1 atom stereocenters. The number of methoxy groups -OCH3 is 1. The van der Waals surface area contributed by atoms with Gasteiger partial charge in [-0.15, -0.1) is 0 Å². The largest absolute Gasteiger partial charge is 0.385 e. The van der Waals surface area contributed by atoms with Gasteiger partial charge in [0, 0.05) is 26.3 Å². The second-order valence-electron chi connectivity index (χ2n) is 3.98. The van der Waals surface area contributed by atoms with Crippen LogP contribution >= 0.6 is 11.6 Å². The van der Waals surface area contributed by atoms with Crippen LogP contribution in [0.4, 0.5) is 11.9 Å². The average Bonchev–Trinajstić information content (AvgIpc) is 2.34. The third-order valence-corrected chi connectivity index (χ3v) is 2.57. The first-order chi connectivity index (χ1) is 8.65. The highest BCUT2D eigenvalue weighted by Gasteiger charge is 2.06. The molecule has 1 heterocycles. The van der Waals surface area contributed by atoms with Crippen molar-refractivity contribution in [3.8, 4) is 0 Å². The molecule has 0 aromatic carbocycles. The highest BCUT2D eigenvalue weighted by molar-refractivity contribution is 6.28. The molecule has 0 aliphatic rings. The van der Waals surface area contributed by atoms with Crippen LogP contribution in [-0.4, -0.2) is 41.3 Å². The maximum atomic E-state index is 5.85. The van der Waals surface area contributed by atoms with Gasteiger partial charge in [0.2, 0.25) is 17.2 Å². The van der Waals surface area contributed by atoms with Crippen molar-refractivity contribution in [2.45, 2.75) is 32.7 Å². The fourth-order valence-corrected chi connectivity index (χ4v) is 1.39. The molecule has 0 bridgehead atoms. The molecule has 1 aromatic rings. The summed E-state index contributed by atoms with van der Waals surface area (Å²) in [7, 11) is 1.67. The van der Waals surface area contributed by atoms with E-state index in [4.69, 9.17) is 16.3 Å². The van der Waals surface area contributed by atoms with E-state index in [1.807, 2.05) is 0 Å². The van der Waals surface area contributed by atoms with Gasteiger partial charge in [-0.2, -0.15) is 15.0 Å². The highest BCUT2D eigenvalue weighted by atomic mass is 35.5. The molecule has 2 N–H and O–H groups in total. The first-order valence-electron chi connectivity index (χ1n) is 6.06. The summed E-state index contributed by atoms with van der Waals surface area (Å²) >= 11 is 5.85. The topological polar surface area (TPSA) is 72.0 Å². The van der Waals surface area contributed by atoms with Crippen molar-refractivity contribution in [3.63, 3.8) is 0 Å². The Morgan fingerprint density at radius 1 is 1.28 bits per heavy atom. The summed E-state index contributed by atoms with van der Waals surface area (Å²) in [5.74, 6) is 0.982. The second kappa shape index (κ2) is 8.05. The number of hydrogen-bond acceptors (Lipinski definition) is 6. The van der Waals surface area contributed by atoms with Crippen molar-refractivity contribution in [2.75, 3.05) is 30.9 Å². The standard InChI is InChI=1S/C11H20ClN5O/c1-4-8(2)14-11-16-9(12)15-10(17-11)13-6-5-7-18-3/h8H,4-7H2,1-3H3,(H2,13,14,15,16,17). The minimum absolute atomic E-state index is 0.185. The Balaban J connectivity index is 2.57. The molecule has 7 heteroatoms. The Morgan fingerprint density at radius 3 is 2.67 bits per heavy atom. The minimum Gasteiger partial charge on any atom is -0.385 e. The molecule has 6 nitrogen and oxygen atoms in total. The van der Waals surface area contributed by atoms with E-state index < -0.39 is 0 Å². The molecule has 0 fully saturated rings. The van der Waals surface area contributed by atoms with Crippen LogP contribution in [0.5, 0.6) is 0 Å². The maximum Gasteiger partial charge on any atom is 0.229 e. The van der Waals surface area contributed by atoms with Crippen LogP contribution in [0, 0.1) is 0 Å². The van der Waals surface area contributed by atoms with E-state index in [0.717, 1.165) is 19.4 Å². The average molecular weight is 274 g/mol.